The van der Waals surface area contributed by atoms with E-state index in [1.165, 1.54) is 0 Å². The Hall–Kier alpha value is -3.73. The molecule has 2 aromatic carbocycles. The normalized spacial score (nSPS) is 10.9. The minimum atomic E-state index is -0.133. The number of aromatic nitrogens is 2. The van der Waals surface area contributed by atoms with Crippen LogP contribution in [0.4, 0.5) is 0 Å². The van der Waals surface area contributed by atoms with Crippen molar-refractivity contribution in [2.45, 2.75) is 26.5 Å². The van der Waals surface area contributed by atoms with Crippen LogP contribution in [0, 0.1) is 0 Å². The van der Waals surface area contributed by atoms with E-state index in [0.717, 1.165) is 33.5 Å². The Morgan fingerprint density at radius 2 is 1.73 bits per heavy atom. The molecule has 0 unspecified atom stereocenters. The van der Waals surface area contributed by atoms with Crippen molar-refractivity contribution in [2.24, 2.45) is 0 Å². The quantitative estimate of drug-likeness (QED) is 0.496. The first-order valence-electron chi connectivity index (χ1n) is 9.94. The van der Waals surface area contributed by atoms with Gasteiger partial charge < -0.3 is 10.1 Å². The van der Waals surface area contributed by atoms with Gasteiger partial charge in [0.05, 0.1) is 22.9 Å². The molecule has 0 aliphatic carbocycles. The lowest BCUT2D eigenvalue weighted by atomic mass is 10.0. The number of nitrogens with one attached hydrogen (secondary N) is 1. The molecule has 0 bridgehead atoms. The molecule has 5 nitrogen and oxygen atoms in total. The molecule has 5 heteroatoms. The molecule has 0 aliphatic rings. The van der Waals surface area contributed by atoms with Gasteiger partial charge in [-0.15, -0.1) is 0 Å². The van der Waals surface area contributed by atoms with Gasteiger partial charge in [0, 0.05) is 29.9 Å². The molecular formula is C25H23N3O2. The molecule has 0 atom stereocenters. The fraction of sp³-hybridized carbons (Fsp3) is 0.160. The molecule has 0 fully saturated rings. The number of carbonyl (C=O) groups is 1. The Balaban J connectivity index is 1.66. The van der Waals surface area contributed by atoms with Crippen molar-refractivity contribution in [1.82, 2.24) is 15.3 Å². The van der Waals surface area contributed by atoms with Gasteiger partial charge in [0.15, 0.2) is 0 Å². The molecule has 0 spiro atoms. The summed E-state index contributed by atoms with van der Waals surface area (Å²) >= 11 is 0. The summed E-state index contributed by atoms with van der Waals surface area (Å²) in [6.45, 7) is 4.43. The highest BCUT2D eigenvalue weighted by atomic mass is 16.5. The number of nitrogens with zero attached hydrogens (tertiary/aromatic N) is 2. The topological polar surface area (TPSA) is 64.1 Å². The summed E-state index contributed by atoms with van der Waals surface area (Å²) in [6, 6.07) is 21.1. The largest absolute Gasteiger partial charge is 0.491 e. The van der Waals surface area contributed by atoms with Gasteiger partial charge in [-0.2, -0.15) is 0 Å². The summed E-state index contributed by atoms with van der Waals surface area (Å²) in [5.41, 5.74) is 4.07. The van der Waals surface area contributed by atoms with Gasteiger partial charge in [-0.3, -0.25) is 9.78 Å². The van der Waals surface area contributed by atoms with Crippen molar-refractivity contribution in [3.63, 3.8) is 0 Å². The molecule has 150 valence electrons. The number of hydrogen-bond donors (Lipinski definition) is 1. The molecule has 1 N–H and O–H groups in total. The second kappa shape index (κ2) is 8.74. The minimum Gasteiger partial charge on any atom is -0.491 e. The van der Waals surface area contributed by atoms with E-state index in [4.69, 9.17) is 9.72 Å². The molecule has 0 saturated carbocycles. The molecule has 2 aromatic heterocycles. The van der Waals surface area contributed by atoms with E-state index in [9.17, 15) is 4.79 Å². The lowest BCUT2D eigenvalue weighted by Gasteiger charge is -2.12. The van der Waals surface area contributed by atoms with Crippen LogP contribution in [0.2, 0.25) is 0 Å². The Morgan fingerprint density at radius 1 is 1.00 bits per heavy atom. The number of benzene rings is 2. The Bertz CT molecular complexity index is 1160. The van der Waals surface area contributed by atoms with Crippen LogP contribution < -0.4 is 10.1 Å². The number of para-hydroxylation sites is 1. The lowest BCUT2D eigenvalue weighted by Crippen LogP contribution is -2.23. The van der Waals surface area contributed by atoms with Crippen LogP contribution in [-0.2, 0) is 6.54 Å². The fourth-order valence-electron chi connectivity index (χ4n) is 3.27. The Kier molecular flexibility index (Phi) is 5.70. The first-order chi connectivity index (χ1) is 14.6. The van der Waals surface area contributed by atoms with E-state index in [1.54, 1.807) is 12.4 Å². The van der Waals surface area contributed by atoms with Gasteiger partial charge in [-0.25, -0.2) is 4.98 Å². The first kappa shape index (κ1) is 19.6. The van der Waals surface area contributed by atoms with Crippen molar-refractivity contribution >= 4 is 16.8 Å². The van der Waals surface area contributed by atoms with Crippen LogP contribution in [0.1, 0.15) is 29.8 Å². The molecule has 0 radical (unpaired) electrons. The van der Waals surface area contributed by atoms with Gasteiger partial charge in [-0.1, -0.05) is 18.2 Å². The van der Waals surface area contributed by atoms with Crippen molar-refractivity contribution in [2.75, 3.05) is 0 Å². The summed E-state index contributed by atoms with van der Waals surface area (Å²) in [4.78, 5) is 21.8. The molecule has 4 rings (SSSR count). The molecule has 0 aliphatic heterocycles. The van der Waals surface area contributed by atoms with Gasteiger partial charge in [0.25, 0.3) is 5.91 Å². The number of fused-ring (bicyclic) bond motifs is 1. The molecule has 2 heterocycles. The summed E-state index contributed by atoms with van der Waals surface area (Å²) in [6.07, 6.45) is 3.55. The van der Waals surface area contributed by atoms with E-state index in [0.29, 0.717) is 12.1 Å². The van der Waals surface area contributed by atoms with Crippen LogP contribution in [-0.4, -0.2) is 22.0 Å². The van der Waals surface area contributed by atoms with Gasteiger partial charge >= 0.3 is 0 Å². The summed E-state index contributed by atoms with van der Waals surface area (Å²) < 4.78 is 5.72. The lowest BCUT2D eigenvalue weighted by molar-refractivity contribution is 0.0952. The van der Waals surface area contributed by atoms with E-state index in [2.05, 4.69) is 10.3 Å². The smallest absolute Gasteiger partial charge is 0.252 e. The zero-order chi connectivity index (χ0) is 20.9. The van der Waals surface area contributed by atoms with E-state index in [-0.39, 0.29) is 12.0 Å². The Labute approximate surface area is 175 Å². The number of pyridine rings is 2. The highest BCUT2D eigenvalue weighted by Gasteiger charge is 2.14. The molecule has 0 saturated heterocycles. The summed E-state index contributed by atoms with van der Waals surface area (Å²) in [5, 5.41) is 3.83. The number of rotatable bonds is 6. The van der Waals surface area contributed by atoms with Crippen LogP contribution in [0.25, 0.3) is 22.2 Å². The SMILES string of the molecule is CC(C)Oc1ccc(-c2cc(C(=O)NCc3ccncc3)c3ccccc3n2)cc1. The molecule has 30 heavy (non-hydrogen) atoms. The van der Waals surface area contributed by atoms with Crippen LogP contribution in [0.15, 0.2) is 79.1 Å². The van der Waals surface area contributed by atoms with Crippen molar-refractivity contribution in [3.8, 4) is 17.0 Å². The third kappa shape index (κ3) is 4.46. The average molecular weight is 397 g/mol. The van der Waals surface area contributed by atoms with Gasteiger partial charge in [0.2, 0.25) is 0 Å². The van der Waals surface area contributed by atoms with E-state index >= 15 is 0 Å². The van der Waals surface area contributed by atoms with Crippen molar-refractivity contribution in [1.29, 1.82) is 0 Å². The second-order valence-electron chi connectivity index (χ2n) is 7.30. The van der Waals surface area contributed by atoms with Crippen molar-refractivity contribution in [3.05, 3.63) is 90.3 Å². The van der Waals surface area contributed by atoms with Crippen LogP contribution in [0.5, 0.6) is 5.75 Å². The molecule has 1 amide bonds. The highest BCUT2D eigenvalue weighted by Crippen LogP contribution is 2.26. The molecule has 4 aromatic rings. The number of amides is 1. The third-order valence-electron chi connectivity index (χ3n) is 4.69. The minimum absolute atomic E-state index is 0.116. The second-order valence-corrected chi connectivity index (χ2v) is 7.30. The molecular weight excluding hydrogens is 374 g/mol. The standard InChI is InChI=1S/C25H23N3O2/c1-17(2)30-20-9-7-19(8-10-20)24-15-22(21-5-3-4-6-23(21)28-24)25(29)27-16-18-11-13-26-14-12-18/h3-15,17H,16H2,1-2H3,(H,27,29). The number of carbonyl (C=O) groups excluding carboxylic acids is 1. The maximum atomic E-state index is 13.0. The van der Waals surface area contributed by atoms with Gasteiger partial charge in [0.1, 0.15) is 5.75 Å². The predicted molar refractivity (Wildman–Crippen MR) is 118 cm³/mol. The number of ether oxygens (including phenoxy) is 1. The summed E-state index contributed by atoms with van der Waals surface area (Å²) in [5.74, 6) is 0.677. The average Bonchev–Trinajstić information content (AvgIpc) is 2.77. The van der Waals surface area contributed by atoms with Crippen LogP contribution >= 0.6 is 0 Å². The monoisotopic (exact) mass is 397 g/mol. The highest BCUT2D eigenvalue weighted by molar-refractivity contribution is 6.07. The maximum Gasteiger partial charge on any atom is 0.252 e. The third-order valence-corrected chi connectivity index (χ3v) is 4.69. The van der Waals surface area contributed by atoms with E-state index in [1.807, 2.05) is 80.6 Å². The van der Waals surface area contributed by atoms with Crippen LogP contribution in [0.3, 0.4) is 0 Å². The number of hydrogen-bond acceptors (Lipinski definition) is 4. The predicted octanol–water partition coefficient (Wildman–Crippen LogP) is 5.01. The van der Waals surface area contributed by atoms with Gasteiger partial charge in [-0.05, 0) is 67.9 Å². The fourth-order valence-corrected chi connectivity index (χ4v) is 3.27. The summed E-state index contributed by atoms with van der Waals surface area (Å²) in [7, 11) is 0. The van der Waals surface area contributed by atoms with Crippen molar-refractivity contribution < 1.29 is 9.53 Å². The Morgan fingerprint density at radius 3 is 2.47 bits per heavy atom. The maximum absolute atomic E-state index is 13.0. The first-order valence-corrected chi connectivity index (χ1v) is 9.94. The zero-order valence-corrected chi connectivity index (χ0v) is 17.0. The van der Waals surface area contributed by atoms with E-state index < -0.39 is 0 Å². The zero-order valence-electron chi connectivity index (χ0n) is 17.0.